The van der Waals surface area contributed by atoms with Crippen LogP contribution in [0.4, 0.5) is 4.39 Å². The first-order valence-electron chi connectivity index (χ1n) is 5.84. The van der Waals surface area contributed by atoms with Crippen molar-refractivity contribution in [3.8, 4) is 5.75 Å². The Morgan fingerprint density at radius 1 is 1.21 bits per heavy atom. The quantitative estimate of drug-likeness (QED) is 0.788. The van der Waals surface area contributed by atoms with Gasteiger partial charge in [0.25, 0.3) is 0 Å². The van der Waals surface area contributed by atoms with Crippen LogP contribution in [0, 0.1) is 5.82 Å². The summed E-state index contributed by atoms with van der Waals surface area (Å²) in [5, 5.41) is 0. The molecule has 0 unspecified atom stereocenters. The Kier molecular flexibility index (Phi) is 4.32. The highest BCUT2D eigenvalue weighted by atomic mass is 79.9. The van der Waals surface area contributed by atoms with E-state index >= 15 is 0 Å². The molecule has 0 bridgehead atoms. The van der Waals surface area contributed by atoms with Gasteiger partial charge in [-0.1, -0.05) is 0 Å². The third-order valence-corrected chi connectivity index (χ3v) is 3.26. The average molecular weight is 323 g/mol. The summed E-state index contributed by atoms with van der Waals surface area (Å²) in [7, 11) is 0. The third kappa shape index (κ3) is 3.20. The van der Waals surface area contributed by atoms with Crippen molar-refractivity contribution < 1.29 is 13.9 Å². The summed E-state index contributed by atoms with van der Waals surface area (Å²) < 4.78 is 18.8. The van der Waals surface area contributed by atoms with Crippen molar-refractivity contribution in [1.82, 2.24) is 0 Å². The van der Waals surface area contributed by atoms with Crippen molar-refractivity contribution in [2.24, 2.45) is 0 Å². The molecule has 0 aliphatic carbocycles. The smallest absolute Gasteiger partial charge is 0.194 e. The van der Waals surface area contributed by atoms with E-state index in [0.717, 1.165) is 0 Å². The zero-order valence-electron chi connectivity index (χ0n) is 10.3. The largest absolute Gasteiger partial charge is 0.494 e. The predicted octanol–water partition coefficient (Wildman–Crippen LogP) is 4.22. The van der Waals surface area contributed by atoms with Crippen LogP contribution in [0.2, 0.25) is 0 Å². The molecule has 0 spiro atoms. The molecular formula is C15H12BrFO2. The second-order valence-electron chi connectivity index (χ2n) is 3.91. The lowest BCUT2D eigenvalue weighted by Gasteiger charge is -2.07. The minimum Gasteiger partial charge on any atom is -0.494 e. The molecule has 19 heavy (non-hydrogen) atoms. The van der Waals surface area contributed by atoms with E-state index in [1.807, 2.05) is 6.92 Å². The molecule has 2 aromatic rings. The number of carbonyl (C=O) groups is 1. The first-order chi connectivity index (χ1) is 9.11. The Morgan fingerprint density at radius 2 is 1.89 bits per heavy atom. The molecule has 0 heterocycles. The maximum atomic E-state index is 12.8. The number of ketones is 1. The summed E-state index contributed by atoms with van der Waals surface area (Å²) >= 11 is 3.35. The Hall–Kier alpha value is -1.68. The van der Waals surface area contributed by atoms with Gasteiger partial charge in [0.1, 0.15) is 11.6 Å². The fourth-order valence-electron chi connectivity index (χ4n) is 1.69. The summed E-state index contributed by atoms with van der Waals surface area (Å²) in [6.07, 6.45) is 0. The second-order valence-corrected chi connectivity index (χ2v) is 4.77. The van der Waals surface area contributed by atoms with E-state index in [4.69, 9.17) is 4.74 Å². The molecule has 0 aliphatic rings. The molecule has 0 aliphatic heterocycles. The van der Waals surface area contributed by atoms with Crippen LogP contribution in [0.1, 0.15) is 22.8 Å². The second kappa shape index (κ2) is 5.97. The summed E-state index contributed by atoms with van der Waals surface area (Å²) in [6, 6.07) is 10.7. The molecule has 2 rings (SSSR count). The van der Waals surface area contributed by atoms with Gasteiger partial charge in [-0.3, -0.25) is 4.79 Å². The third-order valence-electron chi connectivity index (χ3n) is 2.60. The number of hydrogen-bond donors (Lipinski definition) is 0. The van der Waals surface area contributed by atoms with Crippen LogP contribution < -0.4 is 4.74 Å². The van der Waals surface area contributed by atoms with Gasteiger partial charge in [-0.25, -0.2) is 4.39 Å². The fourth-order valence-corrected chi connectivity index (χ4v) is 2.23. The lowest BCUT2D eigenvalue weighted by Crippen LogP contribution is -2.03. The lowest BCUT2D eigenvalue weighted by atomic mass is 10.0. The van der Waals surface area contributed by atoms with Gasteiger partial charge in [0.2, 0.25) is 0 Å². The molecule has 98 valence electrons. The van der Waals surface area contributed by atoms with E-state index in [0.29, 0.717) is 28.0 Å². The van der Waals surface area contributed by atoms with E-state index in [2.05, 4.69) is 15.9 Å². The normalized spacial score (nSPS) is 10.3. The molecule has 0 saturated heterocycles. The van der Waals surface area contributed by atoms with Crippen molar-refractivity contribution in [2.45, 2.75) is 6.92 Å². The Labute approximate surface area is 119 Å². The Balaban J connectivity index is 2.31. The highest BCUT2D eigenvalue weighted by Crippen LogP contribution is 2.25. The number of carbonyl (C=O) groups excluding carboxylic acids is 1. The summed E-state index contributed by atoms with van der Waals surface area (Å²) in [5.74, 6) is 0.183. The van der Waals surface area contributed by atoms with Crippen molar-refractivity contribution in [2.75, 3.05) is 6.61 Å². The summed E-state index contributed by atoms with van der Waals surface area (Å²) in [5.41, 5.74) is 0.973. The van der Waals surface area contributed by atoms with Crippen molar-refractivity contribution in [3.63, 3.8) is 0 Å². The number of benzene rings is 2. The van der Waals surface area contributed by atoms with Gasteiger partial charge in [-0.05, 0) is 65.3 Å². The summed E-state index contributed by atoms with van der Waals surface area (Å²) in [4.78, 5) is 12.3. The van der Waals surface area contributed by atoms with E-state index in [1.165, 1.54) is 24.3 Å². The molecule has 0 fully saturated rings. The van der Waals surface area contributed by atoms with Crippen molar-refractivity contribution >= 4 is 21.7 Å². The zero-order valence-corrected chi connectivity index (χ0v) is 11.9. The van der Waals surface area contributed by atoms with Gasteiger partial charge in [-0.2, -0.15) is 0 Å². The molecule has 0 radical (unpaired) electrons. The van der Waals surface area contributed by atoms with Crippen LogP contribution in [0.25, 0.3) is 0 Å². The fraction of sp³-hybridized carbons (Fsp3) is 0.133. The highest BCUT2D eigenvalue weighted by Gasteiger charge is 2.13. The monoisotopic (exact) mass is 322 g/mol. The molecule has 2 nitrogen and oxygen atoms in total. The van der Waals surface area contributed by atoms with Gasteiger partial charge in [-0.15, -0.1) is 0 Å². The number of hydrogen-bond acceptors (Lipinski definition) is 2. The van der Waals surface area contributed by atoms with E-state index in [1.54, 1.807) is 18.2 Å². The standard InChI is InChI=1S/C15H12BrFO2/c1-2-19-12-7-8-13(14(16)9-12)15(18)10-3-5-11(17)6-4-10/h3-9H,2H2,1H3. The molecule has 4 heteroatoms. The number of ether oxygens (including phenoxy) is 1. The molecule has 2 aromatic carbocycles. The van der Waals surface area contributed by atoms with E-state index in [-0.39, 0.29) is 11.6 Å². The van der Waals surface area contributed by atoms with Crippen LogP contribution >= 0.6 is 15.9 Å². The Bertz CT molecular complexity index is 594. The van der Waals surface area contributed by atoms with Gasteiger partial charge in [0, 0.05) is 15.6 Å². The van der Waals surface area contributed by atoms with Gasteiger partial charge >= 0.3 is 0 Å². The SMILES string of the molecule is CCOc1ccc(C(=O)c2ccc(F)cc2)c(Br)c1. The van der Waals surface area contributed by atoms with Gasteiger partial charge in [0.15, 0.2) is 5.78 Å². The summed E-state index contributed by atoms with van der Waals surface area (Å²) in [6.45, 7) is 2.46. The highest BCUT2D eigenvalue weighted by molar-refractivity contribution is 9.10. The molecule has 0 aromatic heterocycles. The molecule has 0 atom stereocenters. The first-order valence-corrected chi connectivity index (χ1v) is 6.63. The zero-order chi connectivity index (χ0) is 13.8. The number of rotatable bonds is 4. The van der Waals surface area contributed by atoms with E-state index in [9.17, 15) is 9.18 Å². The van der Waals surface area contributed by atoms with Crippen molar-refractivity contribution in [1.29, 1.82) is 0 Å². The topological polar surface area (TPSA) is 26.3 Å². The van der Waals surface area contributed by atoms with Crippen LogP contribution in [0.3, 0.4) is 0 Å². The van der Waals surface area contributed by atoms with Crippen molar-refractivity contribution in [3.05, 3.63) is 63.9 Å². The minimum absolute atomic E-state index is 0.157. The molecule has 0 N–H and O–H groups in total. The molecular weight excluding hydrogens is 311 g/mol. The van der Waals surface area contributed by atoms with Crippen LogP contribution in [0.15, 0.2) is 46.9 Å². The van der Waals surface area contributed by atoms with E-state index < -0.39 is 0 Å². The Morgan fingerprint density at radius 3 is 2.47 bits per heavy atom. The maximum Gasteiger partial charge on any atom is 0.194 e. The first kappa shape index (κ1) is 13.7. The van der Waals surface area contributed by atoms with Crippen LogP contribution in [0.5, 0.6) is 5.75 Å². The van der Waals surface area contributed by atoms with Crippen LogP contribution in [-0.2, 0) is 0 Å². The maximum absolute atomic E-state index is 12.8. The lowest BCUT2D eigenvalue weighted by molar-refractivity contribution is 0.103. The predicted molar refractivity (Wildman–Crippen MR) is 75.1 cm³/mol. The van der Waals surface area contributed by atoms with Crippen LogP contribution in [-0.4, -0.2) is 12.4 Å². The van der Waals surface area contributed by atoms with Gasteiger partial charge in [0.05, 0.1) is 6.61 Å². The average Bonchev–Trinajstić information content (AvgIpc) is 2.39. The number of halogens is 2. The molecule has 0 saturated carbocycles. The minimum atomic E-state index is -0.359. The van der Waals surface area contributed by atoms with Gasteiger partial charge < -0.3 is 4.74 Å². The molecule has 0 amide bonds.